The van der Waals surface area contributed by atoms with E-state index in [0.717, 1.165) is 16.9 Å². The molecule has 0 bridgehead atoms. The first-order chi connectivity index (χ1) is 9.07. The predicted molar refractivity (Wildman–Crippen MR) is 72.5 cm³/mol. The second-order valence-electron chi connectivity index (χ2n) is 4.39. The SMILES string of the molecule is COc1ccc(C(C)(O)c2ccnc(OC)c2)cc1. The van der Waals surface area contributed by atoms with Crippen LogP contribution in [-0.2, 0) is 5.60 Å². The van der Waals surface area contributed by atoms with E-state index in [1.165, 1.54) is 0 Å². The van der Waals surface area contributed by atoms with Gasteiger partial charge in [-0.3, -0.25) is 0 Å². The molecule has 0 saturated heterocycles. The molecular weight excluding hydrogens is 242 g/mol. The molecule has 0 fully saturated rings. The fourth-order valence-corrected chi connectivity index (χ4v) is 1.91. The van der Waals surface area contributed by atoms with Crippen LogP contribution in [0, 0.1) is 0 Å². The lowest BCUT2D eigenvalue weighted by molar-refractivity contribution is 0.102. The smallest absolute Gasteiger partial charge is 0.213 e. The van der Waals surface area contributed by atoms with E-state index in [1.54, 1.807) is 39.5 Å². The van der Waals surface area contributed by atoms with Crippen LogP contribution in [0.3, 0.4) is 0 Å². The Bertz CT molecular complexity index is 550. The van der Waals surface area contributed by atoms with Crippen molar-refractivity contribution >= 4 is 0 Å². The van der Waals surface area contributed by atoms with Crippen molar-refractivity contribution in [2.24, 2.45) is 0 Å². The summed E-state index contributed by atoms with van der Waals surface area (Å²) in [6.45, 7) is 1.74. The van der Waals surface area contributed by atoms with Gasteiger partial charge in [0.2, 0.25) is 5.88 Å². The minimum Gasteiger partial charge on any atom is -0.497 e. The standard InChI is InChI=1S/C15H17NO3/c1-15(17,11-4-6-13(18-2)7-5-11)12-8-9-16-14(10-12)19-3/h4-10,17H,1-3H3. The third-order valence-electron chi connectivity index (χ3n) is 3.16. The number of pyridine rings is 1. The average Bonchev–Trinajstić information content (AvgIpc) is 2.47. The topological polar surface area (TPSA) is 51.6 Å². The summed E-state index contributed by atoms with van der Waals surface area (Å²) in [6.07, 6.45) is 1.62. The van der Waals surface area contributed by atoms with Crippen LogP contribution in [-0.4, -0.2) is 24.3 Å². The third-order valence-corrected chi connectivity index (χ3v) is 3.16. The van der Waals surface area contributed by atoms with Gasteiger partial charge < -0.3 is 14.6 Å². The summed E-state index contributed by atoms with van der Waals surface area (Å²) in [5.41, 5.74) is 0.397. The molecule has 4 nitrogen and oxygen atoms in total. The highest BCUT2D eigenvalue weighted by Gasteiger charge is 2.26. The molecule has 1 unspecified atom stereocenters. The van der Waals surface area contributed by atoms with E-state index in [0.29, 0.717) is 5.88 Å². The average molecular weight is 259 g/mol. The summed E-state index contributed by atoms with van der Waals surface area (Å²) < 4.78 is 10.2. The van der Waals surface area contributed by atoms with Crippen molar-refractivity contribution < 1.29 is 14.6 Å². The number of nitrogens with zero attached hydrogens (tertiary/aromatic N) is 1. The molecule has 1 N–H and O–H groups in total. The number of hydrogen-bond donors (Lipinski definition) is 1. The highest BCUT2D eigenvalue weighted by atomic mass is 16.5. The molecule has 0 aliphatic heterocycles. The van der Waals surface area contributed by atoms with Gasteiger partial charge in [0.1, 0.15) is 11.4 Å². The Kier molecular flexibility index (Phi) is 3.71. The second kappa shape index (κ2) is 5.28. The molecular formula is C15H17NO3. The molecule has 0 aliphatic rings. The maximum absolute atomic E-state index is 10.7. The van der Waals surface area contributed by atoms with Crippen LogP contribution in [0.25, 0.3) is 0 Å². The van der Waals surface area contributed by atoms with Crippen molar-refractivity contribution in [3.63, 3.8) is 0 Å². The Labute approximate surface area is 112 Å². The lowest BCUT2D eigenvalue weighted by atomic mass is 9.89. The largest absolute Gasteiger partial charge is 0.497 e. The van der Waals surface area contributed by atoms with E-state index < -0.39 is 5.60 Å². The highest BCUT2D eigenvalue weighted by Crippen LogP contribution is 2.31. The van der Waals surface area contributed by atoms with Gasteiger partial charge in [-0.25, -0.2) is 4.98 Å². The Morgan fingerprint density at radius 1 is 1.00 bits per heavy atom. The normalized spacial score (nSPS) is 13.7. The summed E-state index contributed by atoms with van der Waals surface area (Å²) in [7, 11) is 3.16. The van der Waals surface area contributed by atoms with E-state index >= 15 is 0 Å². The molecule has 2 aromatic rings. The Morgan fingerprint density at radius 3 is 2.26 bits per heavy atom. The number of hydrogen-bond acceptors (Lipinski definition) is 4. The Balaban J connectivity index is 2.38. The summed E-state index contributed by atoms with van der Waals surface area (Å²) in [4.78, 5) is 4.04. The molecule has 19 heavy (non-hydrogen) atoms. The molecule has 4 heteroatoms. The van der Waals surface area contributed by atoms with Gasteiger partial charge in [-0.1, -0.05) is 12.1 Å². The molecule has 1 aromatic heterocycles. The van der Waals surface area contributed by atoms with Gasteiger partial charge in [0.05, 0.1) is 14.2 Å². The Morgan fingerprint density at radius 2 is 1.68 bits per heavy atom. The van der Waals surface area contributed by atoms with E-state index in [2.05, 4.69) is 4.98 Å². The molecule has 0 amide bonds. The summed E-state index contributed by atoms with van der Waals surface area (Å²) in [5.74, 6) is 1.23. The zero-order valence-electron chi connectivity index (χ0n) is 11.3. The van der Waals surface area contributed by atoms with Crippen LogP contribution >= 0.6 is 0 Å². The van der Waals surface area contributed by atoms with Crippen LogP contribution in [0.5, 0.6) is 11.6 Å². The van der Waals surface area contributed by atoms with E-state index in [-0.39, 0.29) is 0 Å². The Hall–Kier alpha value is -2.07. The minimum absolute atomic E-state index is 0.478. The molecule has 0 spiro atoms. The van der Waals surface area contributed by atoms with Crippen molar-refractivity contribution in [1.29, 1.82) is 0 Å². The number of aliphatic hydroxyl groups is 1. The quantitative estimate of drug-likeness (QED) is 0.915. The molecule has 1 atom stereocenters. The van der Waals surface area contributed by atoms with Crippen LogP contribution in [0.1, 0.15) is 18.1 Å². The summed E-state index contributed by atoms with van der Waals surface area (Å²) in [5, 5.41) is 10.7. The maximum Gasteiger partial charge on any atom is 0.213 e. The van der Waals surface area contributed by atoms with Crippen LogP contribution in [0.2, 0.25) is 0 Å². The number of methoxy groups -OCH3 is 2. The molecule has 1 aromatic carbocycles. The molecule has 2 rings (SSSR count). The molecule has 1 heterocycles. The van der Waals surface area contributed by atoms with Gasteiger partial charge in [0.15, 0.2) is 0 Å². The lowest BCUT2D eigenvalue weighted by Crippen LogP contribution is -2.22. The maximum atomic E-state index is 10.7. The van der Waals surface area contributed by atoms with E-state index in [9.17, 15) is 5.11 Å². The molecule has 0 saturated carbocycles. The molecule has 0 aliphatic carbocycles. The van der Waals surface area contributed by atoms with Gasteiger partial charge in [0, 0.05) is 12.3 Å². The number of ether oxygens (including phenoxy) is 2. The third kappa shape index (κ3) is 2.69. The van der Waals surface area contributed by atoms with Gasteiger partial charge in [-0.05, 0) is 36.2 Å². The van der Waals surface area contributed by atoms with Crippen LogP contribution < -0.4 is 9.47 Å². The minimum atomic E-state index is -1.11. The second-order valence-corrected chi connectivity index (χ2v) is 4.39. The summed E-state index contributed by atoms with van der Waals surface area (Å²) in [6, 6.07) is 10.8. The van der Waals surface area contributed by atoms with Gasteiger partial charge in [-0.2, -0.15) is 0 Å². The first kappa shape index (κ1) is 13.4. The monoisotopic (exact) mass is 259 g/mol. The van der Waals surface area contributed by atoms with Gasteiger partial charge in [0.25, 0.3) is 0 Å². The van der Waals surface area contributed by atoms with Crippen molar-refractivity contribution in [2.75, 3.05) is 14.2 Å². The molecule has 0 radical (unpaired) electrons. The zero-order valence-corrected chi connectivity index (χ0v) is 11.3. The van der Waals surface area contributed by atoms with E-state index in [1.807, 2.05) is 24.3 Å². The van der Waals surface area contributed by atoms with Crippen molar-refractivity contribution in [3.8, 4) is 11.6 Å². The van der Waals surface area contributed by atoms with E-state index in [4.69, 9.17) is 9.47 Å². The highest BCUT2D eigenvalue weighted by molar-refractivity contribution is 5.39. The van der Waals surface area contributed by atoms with Gasteiger partial charge in [-0.15, -0.1) is 0 Å². The number of benzene rings is 1. The zero-order chi connectivity index (χ0) is 13.9. The van der Waals surface area contributed by atoms with Crippen molar-refractivity contribution in [2.45, 2.75) is 12.5 Å². The fraction of sp³-hybridized carbons (Fsp3) is 0.267. The fourth-order valence-electron chi connectivity index (χ4n) is 1.91. The lowest BCUT2D eigenvalue weighted by Gasteiger charge is -2.24. The molecule has 100 valence electrons. The van der Waals surface area contributed by atoms with Crippen LogP contribution in [0.15, 0.2) is 42.6 Å². The van der Waals surface area contributed by atoms with Crippen molar-refractivity contribution in [1.82, 2.24) is 4.98 Å². The van der Waals surface area contributed by atoms with Crippen LogP contribution in [0.4, 0.5) is 0 Å². The van der Waals surface area contributed by atoms with Crippen molar-refractivity contribution in [3.05, 3.63) is 53.7 Å². The predicted octanol–water partition coefficient (Wildman–Crippen LogP) is 2.35. The van der Waals surface area contributed by atoms with Gasteiger partial charge >= 0.3 is 0 Å². The number of aromatic nitrogens is 1. The first-order valence-corrected chi connectivity index (χ1v) is 5.95. The number of rotatable bonds is 4. The first-order valence-electron chi connectivity index (χ1n) is 5.95. The summed E-state index contributed by atoms with van der Waals surface area (Å²) >= 11 is 0.